The van der Waals surface area contributed by atoms with Gasteiger partial charge in [0.25, 0.3) is 5.91 Å². The zero-order valence-electron chi connectivity index (χ0n) is 13.4. The van der Waals surface area contributed by atoms with Crippen LogP contribution in [0.25, 0.3) is 0 Å². The van der Waals surface area contributed by atoms with Gasteiger partial charge in [-0.25, -0.2) is 0 Å². The first-order chi connectivity index (χ1) is 11.3. The summed E-state index contributed by atoms with van der Waals surface area (Å²) in [6.45, 7) is 0.679. The molecule has 1 aromatic carbocycles. The smallest absolute Gasteiger partial charge is 0.270 e. The van der Waals surface area contributed by atoms with Crippen LogP contribution in [-0.2, 0) is 11.2 Å². The van der Waals surface area contributed by atoms with Crippen molar-refractivity contribution in [3.8, 4) is 6.07 Å². The highest BCUT2D eigenvalue weighted by molar-refractivity contribution is 6.08. The van der Waals surface area contributed by atoms with Gasteiger partial charge in [0, 0.05) is 24.5 Å². The van der Waals surface area contributed by atoms with Crippen LogP contribution in [0, 0.1) is 11.3 Å². The van der Waals surface area contributed by atoms with Crippen LogP contribution in [0.2, 0.25) is 0 Å². The van der Waals surface area contributed by atoms with Crippen LogP contribution in [-0.4, -0.2) is 18.5 Å². The fourth-order valence-corrected chi connectivity index (χ4v) is 3.50. The molecule has 1 N–H and O–H groups in total. The molecule has 1 aromatic rings. The lowest BCUT2D eigenvalue weighted by atomic mass is 9.95. The maximum atomic E-state index is 12.8. The summed E-state index contributed by atoms with van der Waals surface area (Å²) in [6, 6.07) is 10.4. The van der Waals surface area contributed by atoms with E-state index in [2.05, 4.69) is 17.5 Å². The number of carbonyl (C=O) groups excluding carboxylic acids is 1. The van der Waals surface area contributed by atoms with Gasteiger partial charge in [0.1, 0.15) is 11.6 Å². The normalized spacial score (nSPS) is 18.9. The van der Waals surface area contributed by atoms with Gasteiger partial charge in [-0.2, -0.15) is 5.26 Å². The first kappa shape index (κ1) is 15.6. The van der Waals surface area contributed by atoms with Crippen molar-refractivity contribution >= 4 is 11.6 Å². The molecule has 120 valence electrons. The molecule has 0 radical (unpaired) electrons. The van der Waals surface area contributed by atoms with E-state index in [9.17, 15) is 10.1 Å². The van der Waals surface area contributed by atoms with Gasteiger partial charge in [-0.05, 0) is 37.3 Å². The molecule has 2 aliphatic rings. The summed E-state index contributed by atoms with van der Waals surface area (Å²) in [6.07, 6.45) is 9.54. The molecule has 1 amide bonds. The molecule has 0 spiro atoms. The Kier molecular flexibility index (Phi) is 4.97. The van der Waals surface area contributed by atoms with Crippen LogP contribution < -0.4 is 10.2 Å². The zero-order chi connectivity index (χ0) is 16.1. The summed E-state index contributed by atoms with van der Waals surface area (Å²) in [7, 11) is 0. The molecule has 1 aliphatic heterocycles. The lowest BCUT2D eigenvalue weighted by molar-refractivity contribution is -0.114. The third kappa shape index (κ3) is 3.56. The molecule has 1 aliphatic carbocycles. The third-order valence-electron chi connectivity index (χ3n) is 4.77. The lowest BCUT2D eigenvalue weighted by Gasteiger charge is -2.29. The van der Waals surface area contributed by atoms with Crippen LogP contribution in [0.4, 0.5) is 5.69 Å². The lowest BCUT2D eigenvalue weighted by Crippen LogP contribution is -2.37. The van der Waals surface area contributed by atoms with Gasteiger partial charge >= 0.3 is 0 Å². The molecule has 4 heteroatoms. The number of nitrogens with one attached hydrogen (secondary N) is 1. The first-order valence-electron chi connectivity index (χ1n) is 8.55. The number of fused-ring (bicyclic) bond motifs is 1. The fraction of sp³-hybridized carbons (Fsp3) is 0.474. The van der Waals surface area contributed by atoms with Gasteiger partial charge in [-0.3, -0.25) is 4.79 Å². The van der Waals surface area contributed by atoms with Crippen molar-refractivity contribution in [1.82, 2.24) is 5.32 Å². The minimum absolute atomic E-state index is 0.192. The van der Waals surface area contributed by atoms with E-state index in [1.807, 2.05) is 18.2 Å². The van der Waals surface area contributed by atoms with Crippen LogP contribution in [0.1, 0.15) is 44.1 Å². The molecule has 0 atom stereocenters. The summed E-state index contributed by atoms with van der Waals surface area (Å²) in [5, 5.41) is 12.7. The Morgan fingerprint density at radius 2 is 2.00 bits per heavy atom. The molecule has 1 saturated carbocycles. The largest absolute Gasteiger partial charge is 0.387 e. The van der Waals surface area contributed by atoms with E-state index in [4.69, 9.17) is 0 Å². The van der Waals surface area contributed by atoms with Crippen LogP contribution in [0.5, 0.6) is 0 Å². The number of nitrogens with zero attached hydrogens (tertiary/aromatic N) is 2. The SMILES string of the molecule is N#C/C(=C/NC1CCCCC1)C(=O)N1CCCc2ccccc21. The third-order valence-corrected chi connectivity index (χ3v) is 4.77. The van der Waals surface area contributed by atoms with E-state index >= 15 is 0 Å². The van der Waals surface area contributed by atoms with Gasteiger partial charge in [0.15, 0.2) is 0 Å². The van der Waals surface area contributed by atoms with Crippen molar-refractivity contribution < 1.29 is 4.79 Å². The number of hydrogen-bond donors (Lipinski definition) is 1. The molecule has 0 unspecified atom stereocenters. The fourth-order valence-electron chi connectivity index (χ4n) is 3.50. The van der Waals surface area contributed by atoms with Gasteiger partial charge in [-0.1, -0.05) is 37.5 Å². The molecular formula is C19H23N3O. The second-order valence-electron chi connectivity index (χ2n) is 6.36. The van der Waals surface area contributed by atoms with Crippen LogP contribution in [0.3, 0.4) is 0 Å². The Bertz CT molecular complexity index is 638. The predicted molar refractivity (Wildman–Crippen MR) is 90.8 cm³/mol. The average molecular weight is 309 g/mol. The summed E-state index contributed by atoms with van der Waals surface area (Å²) in [4.78, 5) is 14.5. The topological polar surface area (TPSA) is 56.1 Å². The number of aryl methyl sites for hydroxylation is 1. The second kappa shape index (κ2) is 7.32. The van der Waals surface area contributed by atoms with Crippen molar-refractivity contribution in [3.63, 3.8) is 0 Å². The van der Waals surface area contributed by atoms with Crippen molar-refractivity contribution in [2.24, 2.45) is 0 Å². The van der Waals surface area contributed by atoms with E-state index in [0.717, 1.165) is 31.4 Å². The van der Waals surface area contributed by atoms with Crippen molar-refractivity contribution in [2.75, 3.05) is 11.4 Å². The Hall–Kier alpha value is -2.28. The zero-order valence-corrected chi connectivity index (χ0v) is 13.4. The van der Waals surface area contributed by atoms with Gasteiger partial charge in [-0.15, -0.1) is 0 Å². The summed E-state index contributed by atoms with van der Waals surface area (Å²) in [5.41, 5.74) is 2.33. The number of anilines is 1. The molecule has 0 saturated heterocycles. The highest BCUT2D eigenvalue weighted by atomic mass is 16.2. The Labute approximate surface area is 137 Å². The van der Waals surface area contributed by atoms with Crippen molar-refractivity contribution in [2.45, 2.75) is 51.0 Å². The number of hydrogen-bond acceptors (Lipinski definition) is 3. The minimum atomic E-state index is -0.192. The maximum Gasteiger partial charge on any atom is 0.270 e. The average Bonchev–Trinajstić information content (AvgIpc) is 2.62. The number of para-hydroxylation sites is 1. The predicted octanol–water partition coefficient (Wildman–Crippen LogP) is 3.30. The van der Waals surface area contributed by atoms with E-state index in [1.54, 1.807) is 11.1 Å². The molecule has 1 heterocycles. The van der Waals surface area contributed by atoms with Crippen LogP contribution in [0.15, 0.2) is 36.0 Å². The Balaban J connectivity index is 1.74. The monoisotopic (exact) mass is 309 g/mol. The van der Waals surface area contributed by atoms with Crippen LogP contribution >= 0.6 is 0 Å². The number of rotatable bonds is 3. The number of nitriles is 1. The number of benzene rings is 1. The molecule has 3 rings (SSSR count). The Morgan fingerprint density at radius 1 is 1.22 bits per heavy atom. The number of carbonyl (C=O) groups is 1. The minimum Gasteiger partial charge on any atom is -0.387 e. The highest BCUT2D eigenvalue weighted by Crippen LogP contribution is 2.27. The summed E-state index contributed by atoms with van der Waals surface area (Å²) < 4.78 is 0. The molecular weight excluding hydrogens is 286 g/mol. The summed E-state index contributed by atoms with van der Waals surface area (Å²) >= 11 is 0. The van der Waals surface area contributed by atoms with E-state index < -0.39 is 0 Å². The molecule has 0 bridgehead atoms. The molecule has 0 aromatic heterocycles. The van der Waals surface area contributed by atoms with Gasteiger partial charge in [0.05, 0.1) is 0 Å². The van der Waals surface area contributed by atoms with Gasteiger partial charge in [0.2, 0.25) is 0 Å². The second-order valence-corrected chi connectivity index (χ2v) is 6.36. The summed E-state index contributed by atoms with van der Waals surface area (Å²) in [5.74, 6) is -0.192. The quantitative estimate of drug-likeness (QED) is 0.688. The van der Waals surface area contributed by atoms with Gasteiger partial charge < -0.3 is 10.2 Å². The van der Waals surface area contributed by atoms with E-state index in [-0.39, 0.29) is 11.5 Å². The van der Waals surface area contributed by atoms with Crippen molar-refractivity contribution in [1.29, 1.82) is 5.26 Å². The maximum absolute atomic E-state index is 12.8. The van der Waals surface area contributed by atoms with Crippen molar-refractivity contribution in [3.05, 3.63) is 41.6 Å². The Morgan fingerprint density at radius 3 is 2.78 bits per heavy atom. The molecule has 23 heavy (non-hydrogen) atoms. The highest BCUT2D eigenvalue weighted by Gasteiger charge is 2.25. The standard InChI is InChI=1S/C19H23N3O/c20-13-16(14-21-17-9-2-1-3-10-17)19(23)22-12-6-8-15-7-4-5-11-18(15)22/h4-5,7,11,14,17,21H,1-3,6,8-10,12H2/b16-14-. The molecule has 1 fully saturated rings. The van der Waals surface area contributed by atoms with E-state index in [1.165, 1.54) is 24.8 Å². The van der Waals surface area contributed by atoms with E-state index in [0.29, 0.717) is 12.6 Å². The number of amides is 1. The molecule has 4 nitrogen and oxygen atoms in total. The first-order valence-corrected chi connectivity index (χ1v) is 8.55.